The van der Waals surface area contributed by atoms with E-state index in [-0.39, 0.29) is 23.1 Å². The summed E-state index contributed by atoms with van der Waals surface area (Å²) >= 11 is 5.61. The van der Waals surface area contributed by atoms with Gasteiger partial charge in [0, 0.05) is 17.3 Å². The van der Waals surface area contributed by atoms with Crippen molar-refractivity contribution in [3.05, 3.63) is 63.9 Å². The van der Waals surface area contributed by atoms with Crippen molar-refractivity contribution >= 4 is 17.3 Å². The van der Waals surface area contributed by atoms with E-state index >= 15 is 0 Å². The van der Waals surface area contributed by atoms with Crippen LogP contribution in [0.3, 0.4) is 0 Å². The fourth-order valence-corrected chi connectivity index (χ4v) is 2.13. The molecule has 6 heteroatoms. The molecule has 2 aromatic rings. The van der Waals surface area contributed by atoms with E-state index in [1.165, 1.54) is 24.3 Å². The van der Waals surface area contributed by atoms with Crippen molar-refractivity contribution < 1.29 is 17.6 Å². The number of hydrogen-bond acceptors (Lipinski definition) is 1. The number of anilines is 1. The van der Waals surface area contributed by atoms with Crippen LogP contribution in [0, 0.1) is 12.7 Å². The molecule has 1 nitrogen and oxygen atoms in total. The number of alkyl halides is 3. The van der Waals surface area contributed by atoms with Gasteiger partial charge in [-0.2, -0.15) is 13.2 Å². The molecule has 1 N–H and O–H groups in total. The first-order chi connectivity index (χ1) is 9.77. The van der Waals surface area contributed by atoms with Crippen LogP contribution in [0.15, 0.2) is 36.4 Å². The maximum Gasteiger partial charge on any atom is 0.418 e. The van der Waals surface area contributed by atoms with Crippen molar-refractivity contribution in [1.29, 1.82) is 0 Å². The number of rotatable bonds is 3. The molecule has 0 saturated carbocycles. The predicted octanol–water partition coefficient (Wildman–Crippen LogP) is 5.42. The molecular weight excluding hydrogens is 306 g/mol. The fourth-order valence-electron chi connectivity index (χ4n) is 1.95. The summed E-state index contributed by atoms with van der Waals surface area (Å²) in [7, 11) is 0. The SMILES string of the molecule is Cc1cc(F)ccc1CNc1ccc(Cl)cc1C(F)(F)F. The van der Waals surface area contributed by atoms with Gasteiger partial charge < -0.3 is 5.32 Å². The van der Waals surface area contributed by atoms with Crippen LogP contribution in [0.4, 0.5) is 23.2 Å². The molecule has 0 bridgehead atoms. The largest absolute Gasteiger partial charge is 0.418 e. The Hall–Kier alpha value is -1.75. The lowest BCUT2D eigenvalue weighted by atomic mass is 10.1. The predicted molar refractivity (Wildman–Crippen MR) is 74.9 cm³/mol. The Morgan fingerprint density at radius 2 is 1.81 bits per heavy atom. The molecule has 0 spiro atoms. The smallest absolute Gasteiger partial charge is 0.380 e. The van der Waals surface area contributed by atoms with E-state index in [0.29, 0.717) is 5.56 Å². The lowest BCUT2D eigenvalue weighted by Crippen LogP contribution is -2.11. The van der Waals surface area contributed by atoms with Gasteiger partial charge in [-0.1, -0.05) is 17.7 Å². The molecule has 0 heterocycles. The van der Waals surface area contributed by atoms with Gasteiger partial charge in [-0.3, -0.25) is 0 Å². The fraction of sp³-hybridized carbons (Fsp3) is 0.200. The zero-order valence-corrected chi connectivity index (χ0v) is 11.8. The number of hydrogen-bond donors (Lipinski definition) is 1. The van der Waals surface area contributed by atoms with Gasteiger partial charge in [0.25, 0.3) is 0 Å². The molecule has 0 aliphatic heterocycles. The van der Waals surface area contributed by atoms with Gasteiger partial charge in [-0.15, -0.1) is 0 Å². The van der Waals surface area contributed by atoms with E-state index in [1.54, 1.807) is 13.0 Å². The van der Waals surface area contributed by atoms with Crippen LogP contribution < -0.4 is 5.32 Å². The van der Waals surface area contributed by atoms with Crippen molar-refractivity contribution in [1.82, 2.24) is 0 Å². The molecule has 0 aliphatic carbocycles. The third-order valence-corrected chi connectivity index (χ3v) is 3.30. The second-order valence-corrected chi connectivity index (χ2v) is 5.05. The molecule has 0 saturated heterocycles. The quantitative estimate of drug-likeness (QED) is 0.745. The normalized spacial score (nSPS) is 11.5. The standard InChI is InChI=1S/C15H12ClF4N/c1-9-6-12(17)4-2-10(9)8-21-14-5-3-11(16)7-13(14)15(18,19)20/h2-7,21H,8H2,1H3. The minimum atomic E-state index is -4.49. The highest BCUT2D eigenvalue weighted by atomic mass is 35.5. The average Bonchev–Trinajstić information content (AvgIpc) is 2.38. The monoisotopic (exact) mass is 317 g/mol. The molecule has 0 aliphatic rings. The zero-order valence-electron chi connectivity index (χ0n) is 11.1. The average molecular weight is 318 g/mol. The number of halogens is 5. The van der Waals surface area contributed by atoms with Crippen LogP contribution in [-0.2, 0) is 12.7 Å². The molecule has 21 heavy (non-hydrogen) atoms. The summed E-state index contributed by atoms with van der Waals surface area (Å²) in [6.07, 6.45) is -4.49. The van der Waals surface area contributed by atoms with Crippen LogP contribution in [0.25, 0.3) is 0 Å². The number of benzene rings is 2. The summed E-state index contributed by atoms with van der Waals surface area (Å²) < 4.78 is 51.8. The lowest BCUT2D eigenvalue weighted by Gasteiger charge is -2.15. The van der Waals surface area contributed by atoms with Gasteiger partial charge in [0.2, 0.25) is 0 Å². The number of aryl methyl sites for hydroxylation is 1. The van der Waals surface area contributed by atoms with Crippen molar-refractivity contribution in [2.75, 3.05) is 5.32 Å². The molecule has 0 aromatic heterocycles. The molecule has 0 unspecified atom stereocenters. The molecule has 112 valence electrons. The first-order valence-corrected chi connectivity index (χ1v) is 6.51. The highest BCUT2D eigenvalue weighted by Gasteiger charge is 2.33. The molecule has 2 aromatic carbocycles. The second-order valence-electron chi connectivity index (χ2n) is 4.61. The molecule has 0 atom stereocenters. The highest BCUT2D eigenvalue weighted by Crippen LogP contribution is 2.36. The third-order valence-electron chi connectivity index (χ3n) is 3.06. The first-order valence-electron chi connectivity index (χ1n) is 6.13. The Morgan fingerprint density at radius 3 is 2.43 bits per heavy atom. The Kier molecular flexibility index (Phi) is 4.42. The van der Waals surface area contributed by atoms with Gasteiger partial charge in [0.1, 0.15) is 5.82 Å². The van der Waals surface area contributed by atoms with E-state index < -0.39 is 11.7 Å². The summed E-state index contributed by atoms with van der Waals surface area (Å²) in [5, 5.41) is 2.74. The van der Waals surface area contributed by atoms with Crippen molar-refractivity contribution in [2.24, 2.45) is 0 Å². The van der Waals surface area contributed by atoms with E-state index in [9.17, 15) is 17.6 Å². The van der Waals surface area contributed by atoms with Gasteiger partial charge in [-0.05, 0) is 48.4 Å². The summed E-state index contributed by atoms with van der Waals surface area (Å²) in [6.45, 7) is 1.86. The van der Waals surface area contributed by atoms with Crippen molar-refractivity contribution in [3.63, 3.8) is 0 Å². The Balaban J connectivity index is 2.24. The maximum absolute atomic E-state index is 13.0. The van der Waals surface area contributed by atoms with Gasteiger partial charge >= 0.3 is 6.18 Å². The van der Waals surface area contributed by atoms with Crippen LogP contribution in [0.5, 0.6) is 0 Å². The van der Waals surface area contributed by atoms with Gasteiger partial charge in [0.05, 0.1) is 5.56 Å². The Bertz CT molecular complexity index is 653. The van der Waals surface area contributed by atoms with Crippen LogP contribution in [0.1, 0.15) is 16.7 Å². The topological polar surface area (TPSA) is 12.0 Å². The lowest BCUT2D eigenvalue weighted by molar-refractivity contribution is -0.136. The molecule has 0 fully saturated rings. The highest BCUT2D eigenvalue weighted by molar-refractivity contribution is 6.30. The van der Waals surface area contributed by atoms with Gasteiger partial charge in [-0.25, -0.2) is 4.39 Å². The zero-order chi connectivity index (χ0) is 15.6. The number of nitrogens with one attached hydrogen (secondary N) is 1. The molecule has 2 rings (SSSR count). The van der Waals surface area contributed by atoms with E-state index in [0.717, 1.165) is 11.6 Å². The second kappa shape index (κ2) is 5.93. The van der Waals surface area contributed by atoms with E-state index in [2.05, 4.69) is 5.32 Å². The van der Waals surface area contributed by atoms with Crippen molar-refractivity contribution in [3.8, 4) is 0 Å². The molecule has 0 radical (unpaired) electrons. The first kappa shape index (κ1) is 15.6. The van der Waals surface area contributed by atoms with Crippen LogP contribution >= 0.6 is 11.6 Å². The van der Waals surface area contributed by atoms with E-state index in [4.69, 9.17) is 11.6 Å². The minimum absolute atomic E-state index is 0.0193. The van der Waals surface area contributed by atoms with Gasteiger partial charge in [0.15, 0.2) is 0 Å². The molecular formula is C15H12ClF4N. The Morgan fingerprint density at radius 1 is 1.10 bits per heavy atom. The van der Waals surface area contributed by atoms with E-state index in [1.807, 2.05) is 0 Å². The minimum Gasteiger partial charge on any atom is -0.380 e. The molecule has 0 amide bonds. The summed E-state index contributed by atoms with van der Waals surface area (Å²) in [4.78, 5) is 0. The summed E-state index contributed by atoms with van der Waals surface area (Å²) in [6, 6.07) is 7.70. The third kappa shape index (κ3) is 3.88. The maximum atomic E-state index is 13.0. The Labute approximate surface area is 124 Å². The van der Waals surface area contributed by atoms with Crippen LogP contribution in [0.2, 0.25) is 5.02 Å². The summed E-state index contributed by atoms with van der Waals surface area (Å²) in [5.41, 5.74) is 0.509. The summed E-state index contributed by atoms with van der Waals surface area (Å²) in [5.74, 6) is -0.376. The van der Waals surface area contributed by atoms with Crippen molar-refractivity contribution in [2.45, 2.75) is 19.6 Å². The van der Waals surface area contributed by atoms with Crippen LogP contribution in [-0.4, -0.2) is 0 Å².